The Bertz CT molecular complexity index is 372. The SMILES string of the molecule is CC(C)S(=O)(=O)CCN(CC(=O)O)C1CCCC1. The van der Waals surface area contributed by atoms with Crippen molar-refractivity contribution in [2.45, 2.75) is 50.8 Å². The minimum absolute atomic E-state index is 0.0500. The van der Waals surface area contributed by atoms with Gasteiger partial charge in [0, 0.05) is 12.6 Å². The number of rotatable bonds is 7. The Morgan fingerprint density at radius 2 is 1.89 bits per heavy atom. The molecular formula is C12H23NO4S. The van der Waals surface area contributed by atoms with Crippen LogP contribution < -0.4 is 0 Å². The quantitative estimate of drug-likeness (QED) is 0.755. The van der Waals surface area contributed by atoms with Crippen LogP contribution in [0.5, 0.6) is 0 Å². The highest BCUT2D eigenvalue weighted by molar-refractivity contribution is 7.92. The Hall–Kier alpha value is -0.620. The summed E-state index contributed by atoms with van der Waals surface area (Å²) in [6.45, 7) is 3.59. The van der Waals surface area contributed by atoms with Crippen LogP contribution in [0.3, 0.4) is 0 Å². The van der Waals surface area contributed by atoms with Crippen LogP contribution >= 0.6 is 0 Å². The normalized spacial score (nSPS) is 17.8. The molecule has 0 aromatic rings. The van der Waals surface area contributed by atoms with Gasteiger partial charge in [-0.2, -0.15) is 0 Å². The molecule has 0 heterocycles. The molecule has 5 nitrogen and oxygen atoms in total. The van der Waals surface area contributed by atoms with E-state index < -0.39 is 21.1 Å². The highest BCUT2D eigenvalue weighted by Crippen LogP contribution is 2.23. The van der Waals surface area contributed by atoms with Crippen molar-refractivity contribution in [2.75, 3.05) is 18.8 Å². The van der Waals surface area contributed by atoms with Crippen LogP contribution in [0.15, 0.2) is 0 Å². The molecule has 0 saturated heterocycles. The average molecular weight is 277 g/mol. The van der Waals surface area contributed by atoms with E-state index in [1.807, 2.05) is 4.90 Å². The Balaban J connectivity index is 2.58. The summed E-state index contributed by atoms with van der Waals surface area (Å²) in [7, 11) is -3.09. The Morgan fingerprint density at radius 1 is 1.33 bits per heavy atom. The highest BCUT2D eigenvalue weighted by Gasteiger charge is 2.26. The van der Waals surface area contributed by atoms with Crippen molar-refractivity contribution in [3.8, 4) is 0 Å². The van der Waals surface area contributed by atoms with Crippen molar-refractivity contribution < 1.29 is 18.3 Å². The fourth-order valence-electron chi connectivity index (χ4n) is 2.31. The lowest BCUT2D eigenvalue weighted by Crippen LogP contribution is -2.41. The molecule has 1 aliphatic carbocycles. The third kappa shape index (κ3) is 4.57. The molecule has 0 atom stereocenters. The minimum atomic E-state index is -3.09. The number of hydrogen-bond acceptors (Lipinski definition) is 4. The largest absolute Gasteiger partial charge is 0.480 e. The lowest BCUT2D eigenvalue weighted by atomic mass is 10.2. The zero-order valence-corrected chi connectivity index (χ0v) is 11.9. The van der Waals surface area contributed by atoms with Gasteiger partial charge in [0.1, 0.15) is 0 Å². The first-order chi connectivity index (χ1) is 8.33. The van der Waals surface area contributed by atoms with Crippen LogP contribution in [-0.4, -0.2) is 54.5 Å². The van der Waals surface area contributed by atoms with Crippen LogP contribution in [0, 0.1) is 0 Å². The van der Waals surface area contributed by atoms with Crippen LogP contribution in [0.4, 0.5) is 0 Å². The van der Waals surface area contributed by atoms with Gasteiger partial charge in [0.25, 0.3) is 0 Å². The van der Waals surface area contributed by atoms with Gasteiger partial charge in [-0.05, 0) is 26.7 Å². The third-order valence-corrected chi connectivity index (χ3v) is 5.75. The number of nitrogens with zero attached hydrogens (tertiary/aromatic N) is 1. The molecule has 0 radical (unpaired) electrons. The molecule has 106 valence electrons. The van der Waals surface area contributed by atoms with E-state index >= 15 is 0 Å². The van der Waals surface area contributed by atoms with Gasteiger partial charge in [-0.1, -0.05) is 12.8 Å². The average Bonchev–Trinajstić information content (AvgIpc) is 2.76. The van der Waals surface area contributed by atoms with Gasteiger partial charge >= 0.3 is 5.97 Å². The molecule has 1 saturated carbocycles. The fraction of sp³-hybridized carbons (Fsp3) is 0.917. The number of sulfone groups is 1. The van der Waals surface area contributed by atoms with Gasteiger partial charge in [0.15, 0.2) is 9.84 Å². The van der Waals surface area contributed by atoms with E-state index in [4.69, 9.17) is 5.11 Å². The van der Waals surface area contributed by atoms with E-state index in [2.05, 4.69) is 0 Å². The first-order valence-corrected chi connectivity index (χ1v) is 8.22. The second-order valence-electron chi connectivity index (χ2n) is 5.22. The topological polar surface area (TPSA) is 74.7 Å². The number of carboxylic acid groups (broad SMARTS) is 1. The van der Waals surface area contributed by atoms with E-state index in [1.165, 1.54) is 0 Å². The van der Waals surface area contributed by atoms with Crippen molar-refractivity contribution in [3.63, 3.8) is 0 Å². The van der Waals surface area contributed by atoms with Gasteiger partial charge < -0.3 is 5.11 Å². The summed E-state index contributed by atoms with van der Waals surface area (Å²) >= 11 is 0. The monoisotopic (exact) mass is 277 g/mol. The van der Waals surface area contributed by atoms with E-state index in [9.17, 15) is 13.2 Å². The van der Waals surface area contributed by atoms with E-state index in [1.54, 1.807) is 13.8 Å². The lowest BCUT2D eigenvalue weighted by Gasteiger charge is -2.27. The number of carbonyl (C=O) groups is 1. The summed E-state index contributed by atoms with van der Waals surface area (Å²) in [6, 6.07) is 0.239. The van der Waals surface area contributed by atoms with Gasteiger partial charge in [-0.15, -0.1) is 0 Å². The summed E-state index contributed by atoms with van der Waals surface area (Å²) in [4.78, 5) is 12.6. The molecule has 0 aromatic carbocycles. The first kappa shape index (κ1) is 15.4. The van der Waals surface area contributed by atoms with Crippen LogP contribution in [-0.2, 0) is 14.6 Å². The molecule has 18 heavy (non-hydrogen) atoms. The predicted octanol–water partition coefficient (Wildman–Crippen LogP) is 1.14. The standard InChI is InChI=1S/C12H23NO4S/c1-10(2)18(16,17)8-7-13(9-12(14)15)11-5-3-4-6-11/h10-11H,3-9H2,1-2H3,(H,14,15). The smallest absolute Gasteiger partial charge is 0.317 e. The number of carboxylic acids is 1. The molecule has 0 amide bonds. The zero-order chi connectivity index (χ0) is 13.8. The molecule has 1 fully saturated rings. The van der Waals surface area contributed by atoms with Gasteiger partial charge in [0.05, 0.1) is 17.5 Å². The summed E-state index contributed by atoms with van der Waals surface area (Å²) in [6.07, 6.45) is 4.18. The van der Waals surface area contributed by atoms with Crippen LogP contribution in [0.2, 0.25) is 0 Å². The molecule has 1 rings (SSSR count). The fourth-order valence-corrected chi connectivity index (χ4v) is 3.27. The van der Waals surface area contributed by atoms with Crippen LogP contribution in [0.25, 0.3) is 0 Å². The predicted molar refractivity (Wildman–Crippen MR) is 70.4 cm³/mol. The Kier molecular flexibility index (Phi) is 5.59. The van der Waals surface area contributed by atoms with Gasteiger partial charge in [0.2, 0.25) is 0 Å². The maximum atomic E-state index is 11.8. The molecular weight excluding hydrogens is 254 g/mol. The molecule has 0 aromatic heterocycles. The Morgan fingerprint density at radius 3 is 2.33 bits per heavy atom. The maximum Gasteiger partial charge on any atom is 0.317 e. The second kappa shape index (κ2) is 6.52. The molecule has 0 aliphatic heterocycles. The zero-order valence-electron chi connectivity index (χ0n) is 11.1. The van der Waals surface area contributed by atoms with E-state index in [0.717, 1.165) is 25.7 Å². The van der Waals surface area contributed by atoms with Crippen molar-refractivity contribution in [2.24, 2.45) is 0 Å². The summed E-state index contributed by atoms with van der Waals surface area (Å²) in [5.74, 6) is -0.835. The summed E-state index contributed by atoms with van der Waals surface area (Å²) in [5.41, 5.74) is 0. The molecule has 0 unspecified atom stereocenters. The molecule has 0 spiro atoms. The van der Waals surface area contributed by atoms with E-state index in [-0.39, 0.29) is 18.3 Å². The summed E-state index contributed by atoms with van der Waals surface area (Å²) in [5, 5.41) is 8.50. The van der Waals surface area contributed by atoms with Gasteiger partial charge in [-0.25, -0.2) is 8.42 Å². The number of hydrogen-bond donors (Lipinski definition) is 1. The third-order valence-electron chi connectivity index (χ3n) is 3.56. The summed E-state index contributed by atoms with van der Waals surface area (Å²) < 4.78 is 23.5. The van der Waals surface area contributed by atoms with Crippen molar-refractivity contribution >= 4 is 15.8 Å². The molecule has 1 aliphatic rings. The highest BCUT2D eigenvalue weighted by atomic mass is 32.2. The first-order valence-electron chi connectivity index (χ1n) is 6.50. The molecule has 0 bridgehead atoms. The van der Waals surface area contributed by atoms with Crippen molar-refractivity contribution in [1.29, 1.82) is 0 Å². The molecule has 1 N–H and O–H groups in total. The van der Waals surface area contributed by atoms with Gasteiger partial charge in [-0.3, -0.25) is 9.69 Å². The van der Waals surface area contributed by atoms with Crippen molar-refractivity contribution in [1.82, 2.24) is 4.90 Å². The second-order valence-corrected chi connectivity index (χ2v) is 7.90. The number of aliphatic carboxylic acids is 1. The molecule has 6 heteroatoms. The van der Waals surface area contributed by atoms with E-state index in [0.29, 0.717) is 6.54 Å². The Labute approximate surface area is 109 Å². The van der Waals surface area contributed by atoms with Crippen LogP contribution in [0.1, 0.15) is 39.5 Å². The maximum absolute atomic E-state index is 11.8. The minimum Gasteiger partial charge on any atom is -0.480 e. The lowest BCUT2D eigenvalue weighted by molar-refractivity contribution is -0.138. The van der Waals surface area contributed by atoms with Crippen molar-refractivity contribution in [3.05, 3.63) is 0 Å².